The maximum Gasteiger partial charge on any atom is 0.0540 e. The van der Waals surface area contributed by atoms with Gasteiger partial charge in [0.05, 0.1) is 5.69 Å². The molecule has 10 aromatic carbocycles. The number of anilines is 3. The van der Waals surface area contributed by atoms with E-state index in [1.54, 1.807) is 0 Å². The van der Waals surface area contributed by atoms with Gasteiger partial charge in [-0.05, 0) is 158 Å². The quantitative estimate of drug-likeness (QED) is 0.147. The zero-order chi connectivity index (χ0) is 46.1. The topological polar surface area (TPSA) is 3.24 Å². The smallest absolute Gasteiger partial charge is 0.0540 e. The molecule has 1 saturated carbocycles. The molecule has 0 radical (unpaired) electrons. The molecule has 1 heteroatoms. The fourth-order valence-corrected chi connectivity index (χ4v) is 12.9. The van der Waals surface area contributed by atoms with Gasteiger partial charge in [0.15, 0.2) is 0 Å². The van der Waals surface area contributed by atoms with Gasteiger partial charge >= 0.3 is 0 Å². The predicted octanol–water partition coefficient (Wildman–Crippen LogP) is 18.4. The van der Waals surface area contributed by atoms with Gasteiger partial charge in [-0.3, -0.25) is 0 Å². The van der Waals surface area contributed by atoms with Crippen LogP contribution in [-0.2, 0) is 10.8 Å². The summed E-state index contributed by atoms with van der Waals surface area (Å²) in [5.41, 5.74) is 22.6. The highest BCUT2D eigenvalue weighted by atomic mass is 15.1. The predicted molar refractivity (Wildman–Crippen MR) is 290 cm³/mol. The average Bonchev–Trinajstić information content (AvgIpc) is 3.84. The molecule has 0 aliphatic heterocycles. The van der Waals surface area contributed by atoms with E-state index in [2.05, 4.69) is 249 Å². The first kappa shape index (κ1) is 41.4. The zero-order valence-electron chi connectivity index (χ0n) is 39.5. The van der Waals surface area contributed by atoms with Crippen molar-refractivity contribution in [3.8, 4) is 44.5 Å². The molecule has 3 aliphatic carbocycles. The molecule has 0 spiro atoms. The molecule has 1 nitrogen and oxygen atoms in total. The van der Waals surface area contributed by atoms with E-state index in [0.717, 1.165) is 11.4 Å². The second-order valence-corrected chi connectivity index (χ2v) is 20.0. The fourth-order valence-electron chi connectivity index (χ4n) is 12.9. The van der Waals surface area contributed by atoms with E-state index in [9.17, 15) is 0 Å². The first-order chi connectivity index (χ1) is 34.0. The van der Waals surface area contributed by atoms with E-state index >= 15 is 0 Å². The van der Waals surface area contributed by atoms with Crippen LogP contribution in [0.2, 0.25) is 0 Å². The van der Waals surface area contributed by atoms with Crippen LogP contribution in [0.3, 0.4) is 0 Å². The van der Waals surface area contributed by atoms with Crippen LogP contribution in [0.5, 0.6) is 0 Å². The summed E-state index contributed by atoms with van der Waals surface area (Å²) in [5.74, 6) is 0.576. The van der Waals surface area contributed by atoms with Crippen LogP contribution >= 0.6 is 0 Å². The van der Waals surface area contributed by atoms with E-state index < -0.39 is 0 Å². The molecule has 13 rings (SSSR count). The molecule has 0 saturated heterocycles. The van der Waals surface area contributed by atoms with Crippen molar-refractivity contribution >= 4 is 27.8 Å². The van der Waals surface area contributed by atoms with Gasteiger partial charge in [-0.15, -0.1) is 0 Å². The van der Waals surface area contributed by atoms with Gasteiger partial charge in [0.25, 0.3) is 0 Å². The Balaban J connectivity index is 0.988. The normalized spacial score (nSPS) is 18.1. The molecule has 0 amide bonds. The SMILES string of the molecule is CC1(c2ccccc2)c2ccccc2-c2ccc(-c3ccc(N(c4ccc5c(c4)C(C)(c4ccccc4)c4ccccc4-5)c4ccccc4-c4cccc5cccc(C6CCCCC6)c45)cc3)cc21. The second-order valence-electron chi connectivity index (χ2n) is 20.0. The molecule has 2 atom stereocenters. The molecule has 0 heterocycles. The summed E-state index contributed by atoms with van der Waals surface area (Å²) >= 11 is 0. The third-order valence-corrected chi connectivity index (χ3v) is 16.4. The van der Waals surface area contributed by atoms with Crippen molar-refractivity contribution < 1.29 is 0 Å². The first-order valence-electron chi connectivity index (χ1n) is 25.1. The van der Waals surface area contributed by atoms with Gasteiger partial charge < -0.3 is 4.90 Å². The van der Waals surface area contributed by atoms with E-state index in [4.69, 9.17) is 0 Å². The number of hydrogen-bond donors (Lipinski definition) is 0. The van der Waals surface area contributed by atoms with Crippen molar-refractivity contribution in [1.29, 1.82) is 0 Å². The van der Waals surface area contributed by atoms with E-state index in [1.807, 2.05) is 0 Å². The molecule has 2 unspecified atom stereocenters. The summed E-state index contributed by atoms with van der Waals surface area (Å²) < 4.78 is 0. The number of nitrogens with zero attached hydrogens (tertiary/aromatic N) is 1. The first-order valence-corrected chi connectivity index (χ1v) is 25.1. The van der Waals surface area contributed by atoms with Crippen molar-refractivity contribution in [3.63, 3.8) is 0 Å². The van der Waals surface area contributed by atoms with Gasteiger partial charge in [-0.2, -0.15) is 0 Å². The van der Waals surface area contributed by atoms with E-state index in [1.165, 1.54) is 132 Å². The number of benzene rings is 10. The number of fused-ring (bicyclic) bond motifs is 7. The minimum absolute atomic E-state index is 0.260. The van der Waals surface area contributed by atoms with Crippen LogP contribution in [0.1, 0.15) is 90.8 Å². The lowest BCUT2D eigenvalue weighted by atomic mass is 9.74. The maximum absolute atomic E-state index is 2.53. The Labute approximate surface area is 407 Å². The molecule has 0 aromatic heterocycles. The number of rotatable bonds is 8. The van der Waals surface area contributed by atoms with Gasteiger partial charge in [0.2, 0.25) is 0 Å². The Morgan fingerprint density at radius 2 is 0.855 bits per heavy atom. The molecule has 0 bridgehead atoms. The molecule has 10 aromatic rings. The standard InChI is InChI=1S/C68H55N/c1-67(50-24-8-4-9-25-50)61-33-15-12-28-55(61)57-42-38-49(44-63(57)67)46-36-39-52(40-37-46)69(53-41-43-58-56-29-13-16-34-62(56)68(2,64(58)45-53)51-26-10-5-11-27-51)65-35-17-14-30-59(65)60-32-19-23-48-22-18-31-54(66(48)60)47-20-6-3-7-21-47/h4-5,8-19,22-45,47H,3,6-7,20-21H2,1-2H3. The molecule has 69 heavy (non-hydrogen) atoms. The second kappa shape index (κ2) is 16.5. The van der Waals surface area contributed by atoms with Gasteiger partial charge in [0.1, 0.15) is 0 Å². The van der Waals surface area contributed by atoms with Crippen LogP contribution in [0.25, 0.3) is 55.3 Å². The zero-order valence-corrected chi connectivity index (χ0v) is 39.5. The molecule has 3 aliphatic rings. The van der Waals surface area contributed by atoms with Gasteiger partial charge in [-0.25, -0.2) is 0 Å². The minimum atomic E-state index is -0.329. The van der Waals surface area contributed by atoms with Crippen molar-refractivity contribution in [2.45, 2.75) is 62.7 Å². The highest BCUT2D eigenvalue weighted by Gasteiger charge is 2.42. The largest absolute Gasteiger partial charge is 0.310 e. The molecule has 0 N–H and O–H groups in total. The Morgan fingerprint density at radius 3 is 1.51 bits per heavy atom. The Kier molecular flexibility index (Phi) is 9.91. The highest BCUT2D eigenvalue weighted by molar-refractivity contribution is 6.03. The van der Waals surface area contributed by atoms with Crippen molar-refractivity contribution in [3.05, 3.63) is 269 Å². The van der Waals surface area contributed by atoms with Gasteiger partial charge in [0, 0.05) is 27.8 Å². The van der Waals surface area contributed by atoms with Crippen LogP contribution in [-0.4, -0.2) is 0 Å². The van der Waals surface area contributed by atoms with Crippen molar-refractivity contribution in [1.82, 2.24) is 0 Å². The lowest BCUT2D eigenvalue weighted by molar-refractivity contribution is 0.445. The Hall–Kier alpha value is -7.74. The molecule has 332 valence electrons. The average molecular weight is 886 g/mol. The van der Waals surface area contributed by atoms with Crippen molar-refractivity contribution in [2.75, 3.05) is 4.90 Å². The summed E-state index contributed by atoms with van der Waals surface area (Å²) in [5, 5.41) is 2.72. The van der Waals surface area contributed by atoms with Crippen LogP contribution < -0.4 is 4.90 Å². The maximum atomic E-state index is 2.53. The third kappa shape index (κ3) is 6.51. The third-order valence-electron chi connectivity index (χ3n) is 16.4. The van der Waals surface area contributed by atoms with Crippen LogP contribution in [0, 0.1) is 0 Å². The summed E-state index contributed by atoms with van der Waals surface area (Å²) in [7, 11) is 0. The Bertz CT molecular complexity index is 3560. The molecular formula is C68H55N. The van der Waals surface area contributed by atoms with E-state index in [0.29, 0.717) is 5.92 Å². The molecular weight excluding hydrogens is 831 g/mol. The van der Waals surface area contributed by atoms with Crippen molar-refractivity contribution in [2.24, 2.45) is 0 Å². The lowest BCUT2D eigenvalue weighted by Crippen LogP contribution is -2.23. The highest BCUT2D eigenvalue weighted by Crippen LogP contribution is 2.56. The minimum Gasteiger partial charge on any atom is -0.310 e. The summed E-state index contributed by atoms with van der Waals surface area (Å²) in [6.07, 6.45) is 6.47. The van der Waals surface area contributed by atoms with Gasteiger partial charge in [-0.1, -0.05) is 213 Å². The van der Waals surface area contributed by atoms with Crippen LogP contribution in [0.4, 0.5) is 17.1 Å². The summed E-state index contributed by atoms with van der Waals surface area (Å²) in [6.45, 7) is 4.83. The summed E-state index contributed by atoms with van der Waals surface area (Å²) in [4.78, 5) is 2.53. The number of hydrogen-bond acceptors (Lipinski definition) is 1. The molecule has 1 fully saturated rings. The lowest BCUT2D eigenvalue weighted by Gasteiger charge is -2.32. The number of para-hydroxylation sites is 1. The summed E-state index contributed by atoms with van der Waals surface area (Å²) in [6, 6.07) is 87.0. The van der Waals surface area contributed by atoms with E-state index in [-0.39, 0.29) is 10.8 Å². The monoisotopic (exact) mass is 885 g/mol. The van der Waals surface area contributed by atoms with Crippen LogP contribution in [0.15, 0.2) is 231 Å². The fraction of sp³-hybridized carbons (Fsp3) is 0.147. The Morgan fingerprint density at radius 1 is 0.362 bits per heavy atom.